The van der Waals surface area contributed by atoms with Gasteiger partial charge in [-0.25, -0.2) is 8.60 Å². The SMILES string of the molecule is CC.Cc1cc(C(=O)NS(C)=O)c(F)cc1OCC1(C)CC2CC(C)CC(C2)C1. The highest BCUT2D eigenvalue weighted by Gasteiger charge is 2.41. The van der Waals surface area contributed by atoms with Crippen molar-refractivity contribution in [3.63, 3.8) is 0 Å². The van der Waals surface area contributed by atoms with Crippen molar-refractivity contribution in [2.24, 2.45) is 23.2 Å². The lowest BCUT2D eigenvalue weighted by Gasteiger charge is -2.47. The molecule has 0 aliphatic heterocycles. The van der Waals surface area contributed by atoms with Crippen molar-refractivity contribution < 1.29 is 18.1 Å². The second-order valence-corrected chi connectivity index (χ2v) is 10.1. The summed E-state index contributed by atoms with van der Waals surface area (Å²) in [5.41, 5.74) is 0.713. The van der Waals surface area contributed by atoms with Crippen molar-refractivity contribution in [1.29, 1.82) is 0 Å². The average molecular weight is 426 g/mol. The minimum atomic E-state index is -1.53. The second kappa shape index (κ2) is 10.1. The molecule has 0 heterocycles. The van der Waals surface area contributed by atoms with E-state index in [1.807, 2.05) is 13.8 Å². The summed E-state index contributed by atoms with van der Waals surface area (Å²) in [5, 5.41) is 0. The number of halogens is 1. The number of amides is 1. The number of carbonyl (C=O) groups is 1. The van der Waals surface area contributed by atoms with Crippen molar-refractivity contribution in [3.8, 4) is 5.75 Å². The van der Waals surface area contributed by atoms with Gasteiger partial charge < -0.3 is 4.74 Å². The molecule has 0 aromatic heterocycles. The lowest BCUT2D eigenvalue weighted by molar-refractivity contribution is 0.0144. The Bertz CT molecular complexity index is 734. The Balaban J connectivity index is 0.00000145. The predicted octanol–water partition coefficient (Wildman–Crippen LogP) is 5.41. The maximum Gasteiger partial charge on any atom is 0.265 e. The number of ether oxygens (including phenoxy) is 1. The summed E-state index contributed by atoms with van der Waals surface area (Å²) in [6.45, 7) is 11.0. The predicted molar refractivity (Wildman–Crippen MR) is 117 cm³/mol. The molecule has 1 N–H and O–H groups in total. The van der Waals surface area contributed by atoms with Crippen molar-refractivity contribution in [1.82, 2.24) is 4.72 Å². The molecular weight excluding hydrogens is 389 g/mol. The summed E-state index contributed by atoms with van der Waals surface area (Å²) >= 11 is 0. The van der Waals surface area contributed by atoms with Crippen LogP contribution in [0.25, 0.3) is 0 Å². The minimum absolute atomic E-state index is 0.109. The number of rotatable bonds is 5. The molecule has 6 heteroatoms. The van der Waals surface area contributed by atoms with E-state index in [0.29, 0.717) is 17.9 Å². The molecule has 2 saturated carbocycles. The van der Waals surface area contributed by atoms with Gasteiger partial charge in [0.05, 0.1) is 12.2 Å². The number of hydrogen-bond donors (Lipinski definition) is 1. The van der Waals surface area contributed by atoms with Gasteiger partial charge in [0.15, 0.2) is 0 Å². The van der Waals surface area contributed by atoms with Crippen LogP contribution in [0, 0.1) is 35.9 Å². The molecule has 164 valence electrons. The molecule has 0 spiro atoms. The topological polar surface area (TPSA) is 55.4 Å². The van der Waals surface area contributed by atoms with Gasteiger partial charge in [-0.3, -0.25) is 9.52 Å². The van der Waals surface area contributed by atoms with E-state index in [1.54, 1.807) is 6.92 Å². The van der Waals surface area contributed by atoms with E-state index in [-0.39, 0.29) is 11.0 Å². The van der Waals surface area contributed by atoms with Gasteiger partial charge in [-0.05, 0) is 68.4 Å². The van der Waals surface area contributed by atoms with E-state index < -0.39 is 22.7 Å². The van der Waals surface area contributed by atoms with Gasteiger partial charge in [-0.2, -0.15) is 0 Å². The second-order valence-electron chi connectivity index (χ2n) is 9.03. The molecule has 2 aliphatic rings. The average Bonchev–Trinajstić information content (AvgIpc) is 2.62. The number of benzene rings is 1. The molecular formula is C23H36FNO3S. The maximum atomic E-state index is 14.4. The Hall–Kier alpha value is -1.43. The van der Waals surface area contributed by atoms with E-state index in [4.69, 9.17) is 4.74 Å². The lowest BCUT2D eigenvalue weighted by Crippen LogP contribution is -2.39. The van der Waals surface area contributed by atoms with Gasteiger partial charge in [-0.15, -0.1) is 0 Å². The first kappa shape index (κ1) is 23.8. The van der Waals surface area contributed by atoms with Crippen molar-refractivity contribution >= 4 is 16.9 Å². The van der Waals surface area contributed by atoms with Crippen LogP contribution in [0.2, 0.25) is 0 Å². The summed E-state index contributed by atoms with van der Waals surface area (Å²) < 4.78 is 33.8. The third kappa shape index (κ3) is 6.27. The molecule has 2 fully saturated rings. The van der Waals surface area contributed by atoms with E-state index >= 15 is 0 Å². The van der Waals surface area contributed by atoms with Crippen LogP contribution in [-0.4, -0.2) is 23.0 Å². The first-order chi connectivity index (χ1) is 13.6. The van der Waals surface area contributed by atoms with Gasteiger partial charge in [0, 0.05) is 17.7 Å². The Morgan fingerprint density at radius 1 is 1.24 bits per heavy atom. The van der Waals surface area contributed by atoms with Crippen molar-refractivity contribution in [2.75, 3.05) is 12.9 Å². The fraction of sp³-hybridized carbons (Fsp3) is 0.696. The largest absolute Gasteiger partial charge is 0.493 e. The molecule has 3 unspecified atom stereocenters. The summed E-state index contributed by atoms with van der Waals surface area (Å²) in [7, 11) is -1.53. The molecule has 1 amide bonds. The smallest absolute Gasteiger partial charge is 0.265 e. The molecule has 29 heavy (non-hydrogen) atoms. The Morgan fingerprint density at radius 2 is 1.83 bits per heavy atom. The van der Waals surface area contributed by atoms with Gasteiger partial charge in [0.1, 0.15) is 22.6 Å². The van der Waals surface area contributed by atoms with Gasteiger partial charge in [0.2, 0.25) is 0 Å². The van der Waals surface area contributed by atoms with Crippen LogP contribution in [0.4, 0.5) is 4.39 Å². The maximum absolute atomic E-state index is 14.4. The van der Waals surface area contributed by atoms with E-state index in [0.717, 1.165) is 30.6 Å². The highest BCUT2D eigenvalue weighted by molar-refractivity contribution is 7.82. The molecule has 1 aromatic rings. The van der Waals surface area contributed by atoms with Crippen LogP contribution in [0.1, 0.15) is 75.7 Å². The third-order valence-corrected chi connectivity index (χ3v) is 6.50. The summed E-state index contributed by atoms with van der Waals surface area (Å²) in [6.07, 6.45) is 7.62. The van der Waals surface area contributed by atoms with E-state index in [1.165, 1.54) is 37.7 Å². The monoisotopic (exact) mass is 425 g/mol. The number of carbonyl (C=O) groups excluding carboxylic acids is 1. The van der Waals surface area contributed by atoms with Crippen LogP contribution in [-0.2, 0) is 11.0 Å². The van der Waals surface area contributed by atoms with Crippen LogP contribution in [0.3, 0.4) is 0 Å². The minimum Gasteiger partial charge on any atom is -0.493 e. The van der Waals surface area contributed by atoms with Gasteiger partial charge in [0.25, 0.3) is 5.91 Å². The summed E-state index contributed by atoms with van der Waals surface area (Å²) in [6, 6.07) is 2.74. The van der Waals surface area contributed by atoms with Gasteiger partial charge in [-0.1, -0.05) is 27.7 Å². The van der Waals surface area contributed by atoms with Crippen LogP contribution in [0.15, 0.2) is 12.1 Å². The number of nitrogens with one attached hydrogen (secondary N) is 1. The highest BCUT2D eigenvalue weighted by Crippen LogP contribution is 2.50. The van der Waals surface area contributed by atoms with Crippen LogP contribution < -0.4 is 9.46 Å². The third-order valence-electron chi connectivity index (χ3n) is 6.02. The molecule has 3 rings (SSSR count). The molecule has 0 radical (unpaired) electrons. The van der Waals surface area contributed by atoms with Gasteiger partial charge >= 0.3 is 0 Å². The molecule has 2 bridgehead atoms. The zero-order valence-corrected chi connectivity index (χ0v) is 19.5. The normalized spacial score (nSPS) is 29.3. The van der Waals surface area contributed by atoms with Crippen LogP contribution in [0.5, 0.6) is 5.75 Å². The Morgan fingerprint density at radius 3 is 2.38 bits per heavy atom. The molecule has 2 aliphatic carbocycles. The summed E-state index contributed by atoms with van der Waals surface area (Å²) in [5.74, 6) is 1.53. The first-order valence-electron chi connectivity index (χ1n) is 10.7. The molecule has 4 nitrogen and oxygen atoms in total. The van der Waals surface area contributed by atoms with Crippen LogP contribution >= 0.6 is 0 Å². The fourth-order valence-electron chi connectivity index (χ4n) is 5.26. The number of fused-ring (bicyclic) bond motifs is 2. The molecule has 1 aromatic carbocycles. The quantitative estimate of drug-likeness (QED) is 0.686. The molecule has 0 saturated heterocycles. The van der Waals surface area contributed by atoms with Crippen molar-refractivity contribution in [2.45, 2.75) is 66.7 Å². The lowest BCUT2D eigenvalue weighted by atomic mass is 9.60. The van der Waals surface area contributed by atoms with E-state index in [9.17, 15) is 13.4 Å². The van der Waals surface area contributed by atoms with E-state index in [2.05, 4.69) is 18.6 Å². The van der Waals surface area contributed by atoms with Crippen molar-refractivity contribution in [3.05, 3.63) is 29.1 Å². The highest BCUT2D eigenvalue weighted by atomic mass is 32.2. The number of aryl methyl sites for hydroxylation is 1. The zero-order valence-electron chi connectivity index (χ0n) is 18.6. The number of hydrogen-bond acceptors (Lipinski definition) is 3. The standard InChI is InChI=1S/C21H30FNO3S.C2H6/c1-13-5-15-8-16(6-13)11-21(3,10-15)12-26-19-9-18(22)17(7-14(19)2)20(24)23-27(4)25;1-2/h7,9,13,15-16H,5-6,8,10-12H2,1-4H3,(H,23,24);1-2H3. The summed E-state index contributed by atoms with van der Waals surface area (Å²) in [4.78, 5) is 11.9. The Labute approximate surface area is 177 Å². The fourth-order valence-corrected chi connectivity index (χ4v) is 5.63. The first-order valence-corrected chi connectivity index (χ1v) is 12.3. The zero-order chi connectivity index (χ0) is 21.8. The molecule has 3 atom stereocenters. The Kier molecular flexibility index (Phi) is 8.27.